The van der Waals surface area contributed by atoms with Gasteiger partial charge in [-0.15, -0.1) is 0 Å². The number of anilines is 1. The molecule has 0 aromatic heterocycles. The first-order valence-electron chi connectivity index (χ1n) is 5.78. The van der Waals surface area contributed by atoms with Crippen LogP contribution >= 0.6 is 0 Å². The number of halogens is 1. The third-order valence-corrected chi connectivity index (χ3v) is 2.73. The minimum atomic E-state index is -1.09. The zero-order valence-corrected chi connectivity index (χ0v) is 10.1. The van der Waals surface area contributed by atoms with Crippen LogP contribution in [0.15, 0.2) is 24.3 Å². The molecule has 6 heteroatoms. The SMILES string of the molecule is O=C(O)/C=C/c1cc(F)cc(N2CCNC(=O)C2)c1. The Morgan fingerprint density at radius 1 is 1.42 bits per heavy atom. The summed E-state index contributed by atoms with van der Waals surface area (Å²) in [5.41, 5.74) is 1.02. The van der Waals surface area contributed by atoms with Crippen molar-refractivity contribution in [3.8, 4) is 0 Å². The molecule has 2 N–H and O–H groups in total. The lowest BCUT2D eigenvalue weighted by Gasteiger charge is -2.28. The summed E-state index contributed by atoms with van der Waals surface area (Å²) in [6, 6.07) is 4.23. The van der Waals surface area contributed by atoms with Crippen LogP contribution in [-0.4, -0.2) is 36.6 Å². The minimum Gasteiger partial charge on any atom is -0.478 e. The first-order valence-corrected chi connectivity index (χ1v) is 5.78. The van der Waals surface area contributed by atoms with Crippen LogP contribution in [-0.2, 0) is 9.59 Å². The Morgan fingerprint density at radius 3 is 2.89 bits per heavy atom. The standard InChI is InChI=1S/C13H13FN2O3/c14-10-5-9(1-2-13(18)19)6-11(7-10)16-4-3-15-12(17)8-16/h1-2,5-7H,3-4,8H2,(H,15,17)(H,18,19)/b2-1+. The number of hydrogen-bond acceptors (Lipinski definition) is 3. The fourth-order valence-electron chi connectivity index (χ4n) is 1.90. The Bertz CT molecular complexity index is 543. The summed E-state index contributed by atoms with van der Waals surface area (Å²) in [5.74, 6) is -1.67. The smallest absolute Gasteiger partial charge is 0.328 e. The molecule has 1 aromatic rings. The maximum Gasteiger partial charge on any atom is 0.328 e. The van der Waals surface area contributed by atoms with Gasteiger partial charge in [0.15, 0.2) is 0 Å². The topological polar surface area (TPSA) is 69.6 Å². The first-order chi connectivity index (χ1) is 9.04. The highest BCUT2D eigenvalue weighted by molar-refractivity contribution is 5.86. The van der Waals surface area contributed by atoms with Gasteiger partial charge in [0.1, 0.15) is 5.82 Å². The van der Waals surface area contributed by atoms with Crippen molar-refractivity contribution in [3.05, 3.63) is 35.7 Å². The van der Waals surface area contributed by atoms with Gasteiger partial charge in [0.25, 0.3) is 0 Å². The second-order valence-electron chi connectivity index (χ2n) is 4.19. The monoisotopic (exact) mass is 264 g/mol. The molecule has 0 bridgehead atoms. The molecule has 1 aliphatic rings. The fraction of sp³-hybridized carbons (Fsp3) is 0.231. The molecule has 1 aromatic carbocycles. The average Bonchev–Trinajstić information content (AvgIpc) is 2.36. The van der Waals surface area contributed by atoms with Crippen molar-refractivity contribution in [1.29, 1.82) is 0 Å². The lowest BCUT2D eigenvalue weighted by atomic mass is 10.1. The average molecular weight is 264 g/mol. The number of amides is 1. The normalized spacial score (nSPS) is 15.6. The largest absolute Gasteiger partial charge is 0.478 e. The zero-order chi connectivity index (χ0) is 13.8. The molecular weight excluding hydrogens is 251 g/mol. The summed E-state index contributed by atoms with van der Waals surface area (Å²) in [4.78, 5) is 23.5. The van der Waals surface area contributed by atoms with Gasteiger partial charge in [-0.1, -0.05) is 0 Å². The van der Waals surface area contributed by atoms with Crippen LogP contribution < -0.4 is 10.2 Å². The summed E-state index contributed by atoms with van der Waals surface area (Å²) in [7, 11) is 0. The molecule has 1 heterocycles. The Kier molecular flexibility index (Phi) is 3.79. The van der Waals surface area contributed by atoms with Crippen molar-refractivity contribution in [1.82, 2.24) is 5.32 Å². The molecule has 0 saturated carbocycles. The number of nitrogens with one attached hydrogen (secondary N) is 1. The van der Waals surface area contributed by atoms with E-state index in [-0.39, 0.29) is 12.5 Å². The summed E-state index contributed by atoms with van der Waals surface area (Å²) in [5, 5.41) is 11.2. The van der Waals surface area contributed by atoms with Crippen molar-refractivity contribution in [2.24, 2.45) is 0 Å². The molecule has 0 spiro atoms. The van der Waals surface area contributed by atoms with Crippen LogP contribution in [0.5, 0.6) is 0 Å². The summed E-state index contributed by atoms with van der Waals surface area (Å²) in [6.07, 6.45) is 2.26. The van der Waals surface area contributed by atoms with Gasteiger partial charge in [-0.2, -0.15) is 0 Å². The number of carboxylic acid groups (broad SMARTS) is 1. The highest BCUT2D eigenvalue weighted by Gasteiger charge is 2.17. The number of carboxylic acids is 1. The van der Waals surface area contributed by atoms with E-state index >= 15 is 0 Å². The molecule has 0 atom stereocenters. The van der Waals surface area contributed by atoms with Crippen LogP contribution in [0, 0.1) is 5.82 Å². The predicted octanol–water partition coefficient (Wildman–Crippen LogP) is 0.860. The molecule has 0 unspecified atom stereocenters. The quantitative estimate of drug-likeness (QED) is 0.794. The Labute approximate surface area is 109 Å². The highest BCUT2D eigenvalue weighted by atomic mass is 19.1. The summed E-state index contributed by atoms with van der Waals surface area (Å²) in [6.45, 7) is 1.28. The second-order valence-corrected chi connectivity index (χ2v) is 4.19. The van der Waals surface area contributed by atoms with Gasteiger partial charge in [-0.3, -0.25) is 4.79 Å². The van der Waals surface area contributed by atoms with Crippen LogP contribution in [0.2, 0.25) is 0 Å². The predicted molar refractivity (Wildman–Crippen MR) is 68.3 cm³/mol. The maximum atomic E-state index is 13.5. The lowest BCUT2D eigenvalue weighted by Crippen LogP contribution is -2.47. The van der Waals surface area contributed by atoms with E-state index in [0.717, 1.165) is 6.08 Å². The number of carbonyl (C=O) groups excluding carboxylic acids is 1. The van der Waals surface area contributed by atoms with E-state index in [0.29, 0.717) is 24.3 Å². The molecule has 0 radical (unpaired) electrons. The molecule has 1 amide bonds. The molecule has 1 fully saturated rings. The van der Waals surface area contributed by atoms with Crippen LogP contribution in [0.25, 0.3) is 6.08 Å². The van der Waals surface area contributed by atoms with E-state index in [2.05, 4.69) is 5.32 Å². The highest BCUT2D eigenvalue weighted by Crippen LogP contribution is 2.20. The van der Waals surface area contributed by atoms with Crippen molar-refractivity contribution >= 4 is 23.6 Å². The van der Waals surface area contributed by atoms with Crippen molar-refractivity contribution in [2.75, 3.05) is 24.5 Å². The molecule has 100 valence electrons. The fourth-order valence-corrected chi connectivity index (χ4v) is 1.90. The van der Waals surface area contributed by atoms with E-state index < -0.39 is 11.8 Å². The molecule has 2 rings (SSSR count). The number of aliphatic carboxylic acids is 1. The number of carbonyl (C=O) groups is 2. The van der Waals surface area contributed by atoms with Crippen molar-refractivity contribution < 1.29 is 19.1 Å². The van der Waals surface area contributed by atoms with E-state index in [4.69, 9.17) is 5.11 Å². The molecular formula is C13H13FN2O3. The van der Waals surface area contributed by atoms with Gasteiger partial charge in [-0.25, -0.2) is 9.18 Å². The van der Waals surface area contributed by atoms with Gasteiger partial charge < -0.3 is 15.3 Å². The Hall–Kier alpha value is -2.37. The number of benzene rings is 1. The lowest BCUT2D eigenvalue weighted by molar-refractivity contribution is -0.131. The molecule has 1 saturated heterocycles. The van der Waals surface area contributed by atoms with Gasteiger partial charge in [0, 0.05) is 24.9 Å². The second kappa shape index (κ2) is 5.51. The van der Waals surface area contributed by atoms with Crippen molar-refractivity contribution in [2.45, 2.75) is 0 Å². The Morgan fingerprint density at radius 2 is 2.21 bits per heavy atom. The van der Waals surface area contributed by atoms with E-state index in [1.807, 2.05) is 0 Å². The van der Waals surface area contributed by atoms with Crippen molar-refractivity contribution in [3.63, 3.8) is 0 Å². The Balaban J connectivity index is 2.25. The summed E-state index contributed by atoms with van der Waals surface area (Å²) >= 11 is 0. The molecule has 5 nitrogen and oxygen atoms in total. The van der Waals surface area contributed by atoms with Gasteiger partial charge in [0.2, 0.25) is 5.91 Å². The van der Waals surface area contributed by atoms with Gasteiger partial charge >= 0.3 is 5.97 Å². The van der Waals surface area contributed by atoms with Crippen LogP contribution in [0.1, 0.15) is 5.56 Å². The van der Waals surface area contributed by atoms with Gasteiger partial charge in [0.05, 0.1) is 6.54 Å². The van der Waals surface area contributed by atoms with Crippen LogP contribution in [0.3, 0.4) is 0 Å². The third kappa shape index (κ3) is 3.54. The first kappa shape index (κ1) is 13.1. The van der Waals surface area contributed by atoms with E-state index in [1.54, 1.807) is 11.0 Å². The number of rotatable bonds is 3. The van der Waals surface area contributed by atoms with E-state index in [9.17, 15) is 14.0 Å². The van der Waals surface area contributed by atoms with Crippen LogP contribution in [0.4, 0.5) is 10.1 Å². The van der Waals surface area contributed by atoms with Gasteiger partial charge in [-0.05, 0) is 29.8 Å². The number of hydrogen-bond donors (Lipinski definition) is 2. The maximum absolute atomic E-state index is 13.5. The number of piperazine rings is 1. The van der Waals surface area contributed by atoms with E-state index in [1.165, 1.54) is 18.2 Å². The molecule has 0 aliphatic carbocycles. The third-order valence-electron chi connectivity index (χ3n) is 2.73. The molecule has 1 aliphatic heterocycles. The number of nitrogens with zero attached hydrogens (tertiary/aromatic N) is 1. The molecule has 19 heavy (non-hydrogen) atoms. The summed E-state index contributed by atoms with van der Waals surface area (Å²) < 4.78 is 13.5. The zero-order valence-electron chi connectivity index (χ0n) is 10.1. The minimum absolute atomic E-state index is 0.113.